The number of rotatable bonds is 19. The summed E-state index contributed by atoms with van der Waals surface area (Å²) in [6, 6.07) is 3.04. The molecule has 0 amide bonds. The number of aliphatic hydroxyl groups is 4. The Balaban J connectivity index is 0.0000106. The number of benzene rings is 2. The fraction of sp³-hybridized carbons (Fsp3) is 0.538. The standard InChI is InChI=1S/C26H43N3O14P2.Fe/c27-8-2-1-7-26(14-33,29(16-45(41,42)43)10-20-22(35)6-4-18(12-31)25(20)37)23(13-32)28(15-44(38,39)40)9-19-21(34)5-3-17(11-30)24(19)36;/h3-6,23,30-37H,1-2,7-16,27H2,(H2,38,39,40)(H2,41,42,43);. The molecule has 0 fully saturated rings. The van der Waals surface area contributed by atoms with Crippen molar-refractivity contribution in [2.75, 3.05) is 32.3 Å². The van der Waals surface area contributed by atoms with Crippen molar-refractivity contribution < 1.29 is 86.6 Å². The third-order valence-electron chi connectivity index (χ3n) is 7.66. The zero-order chi connectivity index (χ0) is 34.2. The van der Waals surface area contributed by atoms with E-state index in [2.05, 4.69) is 0 Å². The Hall–Kier alpha value is -1.82. The van der Waals surface area contributed by atoms with Crippen molar-refractivity contribution >= 4 is 15.2 Å². The number of nitrogens with two attached hydrogens (primary N) is 1. The summed E-state index contributed by atoms with van der Waals surface area (Å²) in [7, 11) is -10.1. The second-order valence-electron chi connectivity index (χ2n) is 10.7. The monoisotopic (exact) mass is 739 g/mol. The molecule has 0 aliphatic carbocycles. The Bertz CT molecular complexity index is 1380. The average Bonchev–Trinajstić information content (AvgIpc) is 2.95. The van der Waals surface area contributed by atoms with Gasteiger partial charge < -0.3 is 66.2 Å². The number of unbranched alkanes of at least 4 members (excludes halogenated alkanes) is 1. The Kier molecular flexibility index (Phi) is 16.6. The van der Waals surface area contributed by atoms with E-state index in [0.717, 1.165) is 21.9 Å². The van der Waals surface area contributed by atoms with Crippen LogP contribution in [0.3, 0.4) is 0 Å². The first kappa shape index (κ1) is 42.2. The van der Waals surface area contributed by atoms with Gasteiger partial charge in [-0.1, -0.05) is 6.42 Å². The van der Waals surface area contributed by atoms with Crippen molar-refractivity contribution in [1.82, 2.24) is 9.80 Å². The molecule has 0 bridgehead atoms. The molecule has 264 valence electrons. The van der Waals surface area contributed by atoms with Gasteiger partial charge in [0.1, 0.15) is 35.6 Å². The minimum atomic E-state index is -5.05. The van der Waals surface area contributed by atoms with Gasteiger partial charge in [0.25, 0.3) is 0 Å². The van der Waals surface area contributed by atoms with Gasteiger partial charge in [-0.15, -0.1) is 0 Å². The second-order valence-corrected chi connectivity index (χ2v) is 13.9. The summed E-state index contributed by atoms with van der Waals surface area (Å²) in [4.78, 5) is 42.1. The number of hydrogen-bond donors (Lipinski definition) is 13. The van der Waals surface area contributed by atoms with Gasteiger partial charge >= 0.3 is 15.2 Å². The first-order valence-electron chi connectivity index (χ1n) is 13.8. The van der Waals surface area contributed by atoms with Gasteiger partial charge in [-0.2, -0.15) is 0 Å². The number of nitrogens with zero attached hydrogens (tertiary/aromatic N) is 2. The quantitative estimate of drug-likeness (QED) is 0.0481. The van der Waals surface area contributed by atoms with Crippen molar-refractivity contribution in [2.45, 2.75) is 57.1 Å². The summed E-state index contributed by atoms with van der Waals surface area (Å²) < 4.78 is 24.8. The normalized spacial score (nSPS) is 14.3. The first-order chi connectivity index (χ1) is 21.0. The van der Waals surface area contributed by atoms with E-state index in [1.165, 1.54) is 12.1 Å². The van der Waals surface area contributed by atoms with Crippen molar-refractivity contribution in [2.24, 2.45) is 5.73 Å². The summed E-state index contributed by atoms with van der Waals surface area (Å²) in [5.74, 6) is -2.33. The zero-order valence-corrected chi connectivity index (χ0v) is 27.7. The molecular formula is C26H43FeN3O14P2. The number of phenols is 4. The van der Waals surface area contributed by atoms with Crippen LogP contribution in [0.5, 0.6) is 23.0 Å². The number of aromatic hydroxyl groups is 4. The van der Waals surface area contributed by atoms with Gasteiger partial charge in [0.2, 0.25) is 0 Å². The molecule has 0 aromatic heterocycles. The van der Waals surface area contributed by atoms with E-state index in [9.17, 15) is 69.6 Å². The molecule has 20 heteroatoms. The van der Waals surface area contributed by atoms with Gasteiger partial charge in [0.05, 0.1) is 49.1 Å². The fourth-order valence-corrected chi connectivity index (χ4v) is 6.99. The SMILES string of the molecule is NCCCCC(CO)(C(CO)N(Cc1c(O)ccc(CO)c1O)CP(=O)(O)O)N(Cc1c(O)ccc(CO)c1O)CP(=O)(O)O.[Fe]. The smallest absolute Gasteiger partial charge is 0.339 e. The molecule has 0 radical (unpaired) electrons. The van der Waals surface area contributed by atoms with Crippen LogP contribution in [0.4, 0.5) is 0 Å². The summed E-state index contributed by atoms with van der Waals surface area (Å²) in [6.07, 6.45) is -2.03. The summed E-state index contributed by atoms with van der Waals surface area (Å²) in [6.45, 7) is -4.60. The van der Waals surface area contributed by atoms with Crippen LogP contribution in [0.25, 0.3) is 0 Å². The first-order valence-corrected chi connectivity index (χ1v) is 17.3. The van der Waals surface area contributed by atoms with Crippen LogP contribution in [0.15, 0.2) is 24.3 Å². The fourth-order valence-electron chi connectivity index (χ4n) is 5.40. The molecule has 0 saturated heterocycles. The van der Waals surface area contributed by atoms with Crippen molar-refractivity contribution in [3.8, 4) is 23.0 Å². The van der Waals surface area contributed by atoms with E-state index in [0.29, 0.717) is 6.42 Å². The maximum absolute atomic E-state index is 12.5. The third kappa shape index (κ3) is 10.9. The molecule has 2 rings (SSSR count). The molecule has 0 aliphatic rings. The van der Waals surface area contributed by atoms with Crippen LogP contribution < -0.4 is 5.73 Å². The van der Waals surface area contributed by atoms with E-state index in [4.69, 9.17) is 5.73 Å². The number of phenolic OH excluding ortho intramolecular Hbond substituents is 2. The summed E-state index contributed by atoms with van der Waals surface area (Å²) in [5.41, 5.74) is 2.94. The maximum atomic E-state index is 12.5. The van der Waals surface area contributed by atoms with E-state index < -0.39 is 102 Å². The predicted molar refractivity (Wildman–Crippen MR) is 160 cm³/mol. The summed E-state index contributed by atoms with van der Waals surface area (Å²) in [5, 5.41) is 83.7. The van der Waals surface area contributed by atoms with Crippen LogP contribution in [0.1, 0.15) is 41.5 Å². The van der Waals surface area contributed by atoms with Gasteiger partial charge in [-0.3, -0.25) is 18.9 Å². The molecule has 46 heavy (non-hydrogen) atoms. The molecule has 0 aliphatic heterocycles. The topological polar surface area (TPSA) is 309 Å². The van der Waals surface area contributed by atoms with Crippen LogP contribution in [0, 0.1) is 0 Å². The largest absolute Gasteiger partial charge is 0.507 e. The predicted octanol–water partition coefficient (Wildman–Crippen LogP) is -0.713. The molecule has 0 spiro atoms. The minimum Gasteiger partial charge on any atom is -0.507 e. The van der Waals surface area contributed by atoms with Crippen molar-refractivity contribution in [1.29, 1.82) is 0 Å². The van der Waals surface area contributed by atoms with Gasteiger partial charge in [-0.25, -0.2) is 0 Å². The molecule has 2 aromatic carbocycles. The van der Waals surface area contributed by atoms with E-state index in [1.54, 1.807) is 0 Å². The number of hydrogen-bond acceptors (Lipinski definition) is 13. The number of aliphatic hydroxyl groups excluding tert-OH is 4. The second kappa shape index (κ2) is 18.1. The molecule has 0 heterocycles. The van der Waals surface area contributed by atoms with E-state index in [-0.39, 0.29) is 58.7 Å². The van der Waals surface area contributed by atoms with Crippen LogP contribution in [0.2, 0.25) is 0 Å². The van der Waals surface area contributed by atoms with Crippen molar-refractivity contribution in [3.63, 3.8) is 0 Å². The molecular weight excluding hydrogens is 696 g/mol. The molecule has 2 atom stereocenters. The van der Waals surface area contributed by atoms with Crippen LogP contribution in [-0.4, -0.2) is 114 Å². The van der Waals surface area contributed by atoms with E-state index >= 15 is 0 Å². The van der Waals surface area contributed by atoms with Gasteiger partial charge in [-0.05, 0) is 43.7 Å². The van der Waals surface area contributed by atoms with Crippen LogP contribution >= 0.6 is 15.2 Å². The van der Waals surface area contributed by atoms with Gasteiger partial charge in [0, 0.05) is 41.3 Å². The average molecular weight is 739 g/mol. The Morgan fingerprint density at radius 3 is 1.61 bits per heavy atom. The zero-order valence-electron chi connectivity index (χ0n) is 24.8. The summed E-state index contributed by atoms with van der Waals surface area (Å²) >= 11 is 0. The molecule has 14 N–H and O–H groups in total. The van der Waals surface area contributed by atoms with Gasteiger partial charge in [0.15, 0.2) is 0 Å². The molecule has 2 aromatic rings. The Morgan fingerprint density at radius 1 is 0.739 bits per heavy atom. The molecule has 0 saturated carbocycles. The van der Waals surface area contributed by atoms with Crippen LogP contribution in [-0.2, 0) is 52.5 Å². The Morgan fingerprint density at radius 2 is 1.22 bits per heavy atom. The molecule has 2 unspecified atom stereocenters. The Labute approximate surface area is 276 Å². The molecule has 17 nitrogen and oxygen atoms in total. The minimum absolute atomic E-state index is 0. The third-order valence-corrected chi connectivity index (χ3v) is 9.10. The van der Waals surface area contributed by atoms with Crippen molar-refractivity contribution in [3.05, 3.63) is 46.5 Å². The van der Waals surface area contributed by atoms with E-state index in [1.807, 2.05) is 0 Å². The maximum Gasteiger partial charge on any atom is 0.339 e.